The third-order valence-corrected chi connectivity index (χ3v) is 0.500. The SMILES string of the molecule is C1CNN1. The molecule has 0 aromatic rings. The Morgan fingerprint density at radius 1 is 1.00 bits per heavy atom. The van der Waals surface area contributed by atoms with Crippen LogP contribution in [-0.4, -0.2) is 13.1 Å². The highest BCUT2D eigenvalue weighted by molar-refractivity contribution is 4.51. The van der Waals surface area contributed by atoms with Crippen molar-refractivity contribution < 1.29 is 0 Å². The minimum Gasteiger partial charge on any atom is -0.256 e. The zero-order chi connectivity index (χ0) is 2.83. The summed E-state index contributed by atoms with van der Waals surface area (Å²) in [4.78, 5) is 0. The molecular formula is C2H6N2. The fourth-order valence-corrected chi connectivity index (χ4v) is 0.125. The first-order valence-electron chi connectivity index (χ1n) is 1.46. The van der Waals surface area contributed by atoms with E-state index < -0.39 is 0 Å². The molecule has 1 rings (SSSR count). The molecule has 0 saturated carbocycles. The van der Waals surface area contributed by atoms with Crippen LogP contribution in [0.2, 0.25) is 0 Å². The summed E-state index contributed by atoms with van der Waals surface area (Å²) >= 11 is 0. The zero-order valence-corrected chi connectivity index (χ0v) is 2.41. The van der Waals surface area contributed by atoms with Gasteiger partial charge in [-0.2, -0.15) is 0 Å². The number of nitrogens with one attached hydrogen (secondary N) is 2. The standard InChI is InChI=1S/C2H6N2/c1-2-4-3-1/h3-4H,1-2H2. The van der Waals surface area contributed by atoms with Crippen LogP contribution in [0.25, 0.3) is 0 Å². The summed E-state index contributed by atoms with van der Waals surface area (Å²) in [6, 6.07) is 0. The minimum atomic E-state index is 1.14. The van der Waals surface area contributed by atoms with Gasteiger partial charge >= 0.3 is 0 Å². The van der Waals surface area contributed by atoms with E-state index in [1.54, 1.807) is 0 Å². The molecule has 0 atom stereocenters. The molecule has 1 fully saturated rings. The molecular weight excluding hydrogens is 52.0 g/mol. The fourth-order valence-electron chi connectivity index (χ4n) is 0.125. The summed E-state index contributed by atoms with van der Waals surface area (Å²) in [6.07, 6.45) is 0. The molecule has 1 aliphatic heterocycles. The van der Waals surface area contributed by atoms with E-state index in [4.69, 9.17) is 0 Å². The smallest absolute Gasteiger partial charge is 0.0239 e. The third kappa shape index (κ3) is 0.106. The summed E-state index contributed by atoms with van der Waals surface area (Å²) in [5.74, 6) is 0. The van der Waals surface area contributed by atoms with Crippen LogP contribution >= 0.6 is 0 Å². The Bertz CT molecular complexity index is 12.0. The summed E-state index contributed by atoms with van der Waals surface area (Å²) in [6.45, 7) is 2.28. The van der Waals surface area contributed by atoms with Crippen LogP contribution in [-0.2, 0) is 0 Å². The van der Waals surface area contributed by atoms with Crippen LogP contribution in [0.5, 0.6) is 0 Å². The summed E-state index contributed by atoms with van der Waals surface area (Å²) < 4.78 is 0. The molecule has 2 N–H and O–H groups in total. The Morgan fingerprint density at radius 2 is 1.25 bits per heavy atom. The first-order chi connectivity index (χ1) is 2.00. The lowest BCUT2D eigenvalue weighted by atomic mass is 10.6. The van der Waals surface area contributed by atoms with Gasteiger partial charge in [-0.15, -0.1) is 0 Å². The van der Waals surface area contributed by atoms with Crippen molar-refractivity contribution in [3.05, 3.63) is 0 Å². The van der Waals surface area contributed by atoms with Gasteiger partial charge in [-0.3, -0.25) is 10.9 Å². The third-order valence-electron chi connectivity index (χ3n) is 0.500. The fraction of sp³-hybridized carbons (Fsp3) is 1.00. The predicted molar refractivity (Wildman–Crippen MR) is 16.0 cm³/mol. The highest BCUT2D eigenvalue weighted by Gasteiger charge is 1.89. The largest absolute Gasteiger partial charge is 0.256 e. The Labute approximate surface area is 25.2 Å². The lowest BCUT2D eigenvalue weighted by molar-refractivity contribution is 0.423. The van der Waals surface area contributed by atoms with Crippen LogP contribution in [0, 0.1) is 0 Å². The minimum absolute atomic E-state index is 1.14. The van der Waals surface area contributed by atoms with Crippen molar-refractivity contribution in [1.82, 2.24) is 10.9 Å². The molecule has 1 aliphatic rings. The lowest BCUT2D eigenvalue weighted by Crippen LogP contribution is -2.49. The molecule has 0 radical (unpaired) electrons. The van der Waals surface area contributed by atoms with E-state index in [2.05, 4.69) is 10.9 Å². The molecule has 4 heavy (non-hydrogen) atoms. The number of rotatable bonds is 0. The van der Waals surface area contributed by atoms with Crippen LogP contribution in [0.1, 0.15) is 0 Å². The first kappa shape index (κ1) is 2.18. The lowest BCUT2D eigenvalue weighted by Gasteiger charge is -2.13. The summed E-state index contributed by atoms with van der Waals surface area (Å²) in [5.41, 5.74) is 5.72. The van der Waals surface area contributed by atoms with E-state index in [9.17, 15) is 0 Å². The molecule has 0 amide bonds. The Morgan fingerprint density at radius 3 is 1.25 bits per heavy atom. The van der Waals surface area contributed by atoms with Crippen LogP contribution < -0.4 is 10.9 Å². The van der Waals surface area contributed by atoms with Gasteiger partial charge in [0, 0.05) is 13.1 Å². The zero-order valence-electron chi connectivity index (χ0n) is 2.41. The van der Waals surface area contributed by atoms with Gasteiger partial charge in [0.25, 0.3) is 0 Å². The summed E-state index contributed by atoms with van der Waals surface area (Å²) in [5, 5.41) is 0. The van der Waals surface area contributed by atoms with Crippen LogP contribution in [0.15, 0.2) is 0 Å². The van der Waals surface area contributed by atoms with Crippen molar-refractivity contribution in [2.24, 2.45) is 0 Å². The van der Waals surface area contributed by atoms with E-state index in [0.29, 0.717) is 0 Å². The quantitative estimate of drug-likeness (QED) is 0.377. The molecule has 0 aromatic heterocycles. The van der Waals surface area contributed by atoms with Crippen LogP contribution in [0.4, 0.5) is 0 Å². The second-order valence-corrected chi connectivity index (χ2v) is 0.854. The Kier molecular flexibility index (Phi) is 0.381. The molecule has 0 spiro atoms. The molecule has 2 nitrogen and oxygen atoms in total. The molecule has 0 bridgehead atoms. The topological polar surface area (TPSA) is 24.1 Å². The van der Waals surface area contributed by atoms with Crippen molar-refractivity contribution >= 4 is 0 Å². The number of hydrazine groups is 1. The van der Waals surface area contributed by atoms with Gasteiger partial charge in [0.05, 0.1) is 0 Å². The second kappa shape index (κ2) is 0.701. The highest BCUT2D eigenvalue weighted by atomic mass is 15.4. The van der Waals surface area contributed by atoms with E-state index in [0.717, 1.165) is 13.1 Å². The molecule has 0 unspecified atom stereocenters. The highest BCUT2D eigenvalue weighted by Crippen LogP contribution is 1.58. The van der Waals surface area contributed by atoms with E-state index >= 15 is 0 Å². The van der Waals surface area contributed by atoms with E-state index in [1.165, 1.54) is 0 Å². The van der Waals surface area contributed by atoms with E-state index in [1.807, 2.05) is 0 Å². The monoisotopic (exact) mass is 58.1 g/mol. The average molecular weight is 58.1 g/mol. The number of hydrogen-bond acceptors (Lipinski definition) is 2. The van der Waals surface area contributed by atoms with Crippen LogP contribution in [0.3, 0.4) is 0 Å². The van der Waals surface area contributed by atoms with E-state index in [-0.39, 0.29) is 0 Å². The van der Waals surface area contributed by atoms with Crippen molar-refractivity contribution in [3.8, 4) is 0 Å². The van der Waals surface area contributed by atoms with Gasteiger partial charge in [-0.1, -0.05) is 0 Å². The van der Waals surface area contributed by atoms with Crippen molar-refractivity contribution in [2.45, 2.75) is 0 Å². The molecule has 0 aliphatic carbocycles. The average Bonchev–Trinajstić information content (AvgIpc) is 0.722. The van der Waals surface area contributed by atoms with Crippen molar-refractivity contribution in [1.29, 1.82) is 0 Å². The van der Waals surface area contributed by atoms with Gasteiger partial charge in [-0.25, -0.2) is 0 Å². The Balaban J connectivity index is 2.00. The maximum atomic E-state index is 2.86. The van der Waals surface area contributed by atoms with Gasteiger partial charge in [0.1, 0.15) is 0 Å². The van der Waals surface area contributed by atoms with Gasteiger partial charge in [0.2, 0.25) is 0 Å². The van der Waals surface area contributed by atoms with Gasteiger partial charge < -0.3 is 0 Å². The first-order valence-corrected chi connectivity index (χ1v) is 1.46. The Hall–Kier alpha value is -0.0800. The molecule has 1 saturated heterocycles. The molecule has 1 heterocycles. The summed E-state index contributed by atoms with van der Waals surface area (Å²) in [7, 11) is 0. The predicted octanol–water partition coefficient (Wildman–Crippen LogP) is -0.906. The molecule has 24 valence electrons. The maximum Gasteiger partial charge on any atom is 0.0239 e. The molecule has 2 heteroatoms. The maximum absolute atomic E-state index is 2.86. The van der Waals surface area contributed by atoms with Gasteiger partial charge in [-0.05, 0) is 0 Å². The van der Waals surface area contributed by atoms with Gasteiger partial charge in [0.15, 0.2) is 0 Å². The number of hydrogen-bond donors (Lipinski definition) is 2. The van der Waals surface area contributed by atoms with Crippen molar-refractivity contribution in [2.75, 3.05) is 13.1 Å². The molecule has 0 aromatic carbocycles. The normalized spacial score (nSPS) is 24.0. The van der Waals surface area contributed by atoms with Crippen molar-refractivity contribution in [3.63, 3.8) is 0 Å². The second-order valence-electron chi connectivity index (χ2n) is 0.854.